The molecule has 33 heavy (non-hydrogen) atoms. The van der Waals surface area contributed by atoms with Gasteiger partial charge in [0.05, 0.1) is 5.52 Å². The molecule has 0 radical (unpaired) electrons. The number of aromatic nitrogens is 2. The molecule has 0 atom stereocenters. The summed E-state index contributed by atoms with van der Waals surface area (Å²) in [6.07, 6.45) is 8.81. The zero-order valence-electron chi connectivity index (χ0n) is 19.2. The largest absolute Gasteiger partial charge is 0.353 e. The number of H-pyrrole nitrogens is 1. The molecule has 1 saturated carbocycles. The van der Waals surface area contributed by atoms with Crippen LogP contribution in [0.5, 0.6) is 0 Å². The molecule has 3 aromatic rings. The standard InChI is InChI=1S/C26H32N4O2S/c1-17-7-6-8-19(15-17)21-16-33-23-22(21)28-26(29-25(23)32)30-13-11-18(12-14-30)24(31)27-20-9-4-2-3-5-10-20/h6-8,15-16,18,20H,2-5,9-14H2,1H3,(H,27,31)(H,28,29,32). The third-order valence-corrected chi connectivity index (χ3v) is 8.08. The van der Waals surface area contributed by atoms with Crippen molar-refractivity contribution in [1.82, 2.24) is 15.3 Å². The van der Waals surface area contributed by atoms with E-state index in [0.29, 0.717) is 16.7 Å². The van der Waals surface area contributed by atoms with E-state index in [1.165, 1.54) is 42.6 Å². The van der Waals surface area contributed by atoms with Crippen LogP contribution in [0.15, 0.2) is 34.4 Å². The van der Waals surface area contributed by atoms with E-state index in [9.17, 15) is 9.59 Å². The second-order valence-electron chi connectivity index (χ2n) is 9.54. The van der Waals surface area contributed by atoms with Crippen molar-refractivity contribution in [3.63, 3.8) is 0 Å². The molecule has 7 heteroatoms. The fourth-order valence-corrected chi connectivity index (χ4v) is 6.09. The van der Waals surface area contributed by atoms with Crippen molar-refractivity contribution in [2.24, 2.45) is 5.92 Å². The van der Waals surface area contributed by atoms with Gasteiger partial charge in [0.25, 0.3) is 5.56 Å². The minimum absolute atomic E-state index is 0.0453. The lowest BCUT2D eigenvalue weighted by atomic mass is 9.95. The van der Waals surface area contributed by atoms with Gasteiger partial charge in [-0.25, -0.2) is 4.98 Å². The topological polar surface area (TPSA) is 78.1 Å². The molecule has 2 fully saturated rings. The average Bonchev–Trinajstić information content (AvgIpc) is 3.09. The summed E-state index contributed by atoms with van der Waals surface area (Å²) >= 11 is 1.44. The van der Waals surface area contributed by atoms with E-state index in [4.69, 9.17) is 4.98 Å². The van der Waals surface area contributed by atoms with Gasteiger partial charge in [0, 0.05) is 36.0 Å². The minimum atomic E-state index is -0.0906. The Bertz CT molecular complexity index is 1180. The normalized spacial score (nSPS) is 18.4. The number of nitrogens with zero attached hydrogens (tertiary/aromatic N) is 2. The van der Waals surface area contributed by atoms with Crippen molar-refractivity contribution in [2.75, 3.05) is 18.0 Å². The van der Waals surface area contributed by atoms with Crippen LogP contribution in [0.1, 0.15) is 56.9 Å². The number of aromatic amines is 1. The highest BCUT2D eigenvalue weighted by Gasteiger charge is 2.28. The molecule has 3 heterocycles. The summed E-state index contributed by atoms with van der Waals surface area (Å²) < 4.78 is 0.660. The fourth-order valence-electron chi connectivity index (χ4n) is 5.18. The highest BCUT2D eigenvalue weighted by molar-refractivity contribution is 7.17. The van der Waals surface area contributed by atoms with E-state index in [0.717, 1.165) is 55.4 Å². The van der Waals surface area contributed by atoms with E-state index in [-0.39, 0.29) is 17.4 Å². The van der Waals surface area contributed by atoms with Gasteiger partial charge in [0.1, 0.15) is 4.70 Å². The molecule has 0 bridgehead atoms. The van der Waals surface area contributed by atoms with Crippen molar-refractivity contribution in [3.8, 4) is 11.1 Å². The van der Waals surface area contributed by atoms with Gasteiger partial charge in [0.15, 0.2) is 0 Å². The van der Waals surface area contributed by atoms with E-state index < -0.39 is 0 Å². The average molecular weight is 465 g/mol. The van der Waals surface area contributed by atoms with Gasteiger partial charge in [-0.2, -0.15) is 0 Å². The summed E-state index contributed by atoms with van der Waals surface area (Å²) in [6.45, 7) is 3.52. The number of carbonyl (C=O) groups is 1. The van der Waals surface area contributed by atoms with Crippen LogP contribution in [-0.2, 0) is 4.79 Å². The smallest absolute Gasteiger partial charge is 0.270 e. The zero-order chi connectivity index (χ0) is 22.8. The number of aryl methyl sites for hydroxylation is 1. The summed E-state index contributed by atoms with van der Waals surface area (Å²) in [5.74, 6) is 0.865. The molecule has 6 nitrogen and oxygen atoms in total. The first-order valence-corrected chi connectivity index (χ1v) is 13.1. The van der Waals surface area contributed by atoms with Crippen LogP contribution < -0.4 is 15.8 Å². The van der Waals surface area contributed by atoms with Crippen molar-refractivity contribution >= 4 is 33.4 Å². The van der Waals surface area contributed by atoms with Crippen molar-refractivity contribution in [3.05, 3.63) is 45.6 Å². The van der Waals surface area contributed by atoms with Crippen LogP contribution in [0.3, 0.4) is 0 Å². The second-order valence-corrected chi connectivity index (χ2v) is 10.4. The highest BCUT2D eigenvalue weighted by Crippen LogP contribution is 2.32. The summed E-state index contributed by atoms with van der Waals surface area (Å²) in [4.78, 5) is 35.6. The number of thiophene rings is 1. The number of benzene rings is 1. The lowest BCUT2D eigenvalue weighted by molar-refractivity contribution is -0.126. The van der Waals surface area contributed by atoms with E-state index in [1.54, 1.807) is 0 Å². The first-order valence-electron chi connectivity index (χ1n) is 12.2. The molecule has 2 aromatic heterocycles. The molecular formula is C26H32N4O2S. The Morgan fingerprint density at radius 1 is 1.12 bits per heavy atom. The first kappa shape index (κ1) is 22.1. The second kappa shape index (κ2) is 9.67. The lowest BCUT2D eigenvalue weighted by Gasteiger charge is -2.32. The number of carbonyl (C=O) groups excluding carboxylic acids is 1. The Kier molecular flexibility index (Phi) is 6.49. The van der Waals surface area contributed by atoms with Crippen LogP contribution in [-0.4, -0.2) is 35.0 Å². The molecule has 1 saturated heterocycles. The Balaban J connectivity index is 1.30. The van der Waals surface area contributed by atoms with E-state index in [2.05, 4.69) is 40.3 Å². The van der Waals surface area contributed by atoms with Crippen molar-refractivity contribution < 1.29 is 4.79 Å². The molecule has 0 unspecified atom stereocenters. The monoisotopic (exact) mass is 464 g/mol. The zero-order valence-corrected chi connectivity index (χ0v) is 20.0. The van der Waals surface area contributed by atoms with Crippen molar-refractivity contribution in [2.45, 2.75) is 64.3 Å². The number of nitrogens with one attached hydrogen (secondary N) is 2. The predicted octanol–water partition coefficient (Wildman–Crippen LogP) is 5.02. The van der Waals surface area contributed by atoms with E-state index in [1.807, 2.05) is 11.4 Å². The number of anilines is 1. The number of fused-ring (bicyclic) bond motifs is 1. The molecule has 174 valence electrons. The SMILES string of the molecule is Cc1cccc(-c2csc3c(=O)[nH]c(N4CCC(C(=O)NC5CCCCCC5)CC4)nc23)c1. The lowest BCUT2D eigenvalue weighted by Crippen LogP contribution is -2.44. The highest BCUT2D eigenvalue weighted by atomic mass is 32.1. The molecular weight excluding hydrogens is 432 g/mol. The van der Waals surface area contributed by atoms with Crippen LogP contribution in [0.2, 0.25) is 0 Å². The first-order chi connectivity index (χ1) is 16.1. The Morgan fingerprint density at radius 3 is 2.61 bits per heavy atom. The molecule has 2 N–H and O–H groups in total. The predicted molar refractivity (Wildman–Crippen MR) is 135 cm³/mol. The van der Waals surface area contributed by atoms with Gasteiger partial charge in [-0.1, -0.05) is 55.5 Å². The Morgan fingerprint density at radius 2 is 1.88 bits per heavy atom. The Labute approximate surface area is 198 Å². The van der Waals surface area contributed by atoms with Crippen LogP contribution in [0.4, 0.5) is 5.95 Å². The van der Waals surface area contributed by atoms with Crippen LogP contribution in [0.25, 0.3) is 21.3 Å². The molecule has 0 spiro atoms. The quantitative estimate of drug-likeness (QED) is 0.532. The molecule has 2 aliphatic rings. The van der Waals surface area contributed by atoms with E-state index >= 15 is 0 Å². The third kappa shape index (κ3) is 4.83. The van der Waals surface area contributed by atoms with Gasteiger partial charge in [-0.05, 0) is 38.2 Å². The molecule has 5 rings (SSSR count). The van der Waals surface area contributed by atoms with Gasteiger partial charge in [0.2, 0.25) is 11.9 Å². The summed E-state index contributed by atoms with van der Waals surface area (Å²) in [5, 5.41) is 5.34. The summed E-state index contributed by atoms with van der Waals surface area (Å²) in [7, 11) is 0. The Hall–Kier alpha value is -2.67. The van der Waals surface area contributed by atoms with Gasteiger partial charge in [-0.3, -0.25) is 14.6 Å². The maximum absolute atomic E-state index is 12.8. The summed E-state index contributed by atoms with van der Waals surface area (Å²) in [6, 6.07) is 8.64. The molecule has 1 aliphatic carbocycles. The maximum atomic E-state index is 12.8. The minimum Gasteiger partial charge on any atom is -0.353 e. The number of rotatable bonds is 4. The van der Waals surface area contributed by atoms with Gasteiger partial charge < -0.3 is 10.2 Å². The number of hydrogen-bond acceptors (Lipinski definition) is 5. The molecule has 1 amide bonds. The maximum Gasteiger partial charge on any atom is 0.270 e. The number of hydrogen-bond donors (Lipinski definition) is 2. The van der Waals surface area contributed by atoms with Crippen molar-refractivity contribution in [1.29, 1.82) is 0 Å². The van der Waals surface area contributed by atoms with Gasteiger partial charge >= 0.3 is 0 Å². The molecule has 1 aliphatic heterocycles. The molecule has 1 aromatic carbocycles. The van der Waals surface area contributed by atoms with Crippen LogP contribution in [0, 0.1) is 12.8 Å². The number of piperidine rings is 1. The summed E-state index contributed by atoms with van der Waals surface area (Å²) in [5.41, 5.74) is 3.94. The van der Waals surface area contributed by atoms with Crippen LogP contribution >= 0.6 is 11.3 Å². The van der Waals surface area contributed by atoms with Gasteiger partial charge in [-0.15, -0.1) is 11.3 Å². The third-order valence-electron chi connectivity index (χ3n) is 7.11. The fraction of sp³-hybridized carbons (Fsp3) is 0.500. The number of amides is 1.